The number of hydrogen-bond acceptors (Lipinski definition) is 2. The van der Waals surface area contributed by atoms with Gasteiger partial charge in [-0.15, -0.1) is 0 Å². The van der Waals surface area contributed by atoms with Crippen molar-refractivity contribution >= 4 is 0 Å². The van der Waals surface area contributed by atoms with Gasteiger partial charge in [-0.05, 0) is 51.0 Å². The van der Waals surface area contributed by atoms with Crippen LogP contribution < -0.4 is 5.32 Å². The monoisotopic (exact) mass is 225 g/mol. The third-order valence-corrected chi connectivity index (χ3v) is 4.32. The lowest BCUT2D eigenvalue weighted by molar-refractivity contribution is 0.110. The van der Waals surface area contributed by atoms with Gasteiger partial charge in [0, 0.05) is 6.04 Å². The summed E-state index contributed by atoms with van der Waals surface area (Å²) in [6.45, 7) is 1.19. The van der Waals surface area contributed by atoms with E-state index in [0.29, 0.717) is 6.04 Å². The molecule has 2 aliphatic rings. The molecule has 0 aromatic rings. The molecule has 0 aromatic heterocycles. The maximum Gasteiger partial charge on any atom is 0.0555 e. The summed E-state index contributed by atoms with van der Waals surface area (Å²) < 4.78 is 0. The van der Waals surface area contributed by atoms with E-state index >= 15 is 0 Å². The van der Waals surface area contributed by atoms with Crippen molar-refractivity contribution in [1.29, 1.82) is 0 Å². The molecule has 0 saturated heterocycles. The summed E-state index contributed by atoms with van der Waals surface area (Å²) in [7, 11) is 0. The van der Waals surface area contributed by atoms with Crippen LogP contribution in [0.2, 0.25) is 0 Å². The van der Waals surface area contributed by atoms with Crippen LogP contribution >= 0.6 is 0 Å². The smallest absolute Gasteiger partial charge is 0.0555 e. The van der Waals surface area contributed by atoms with E-state index in [1.165, 1.54) is 57.9 Å². The summed E-state index contributed by atoms with van der Waals surface area (Å²) in [6.07, 6.45) is 13.0. The normalized spacial score (nSPS) is 33.6. The van der Waals surface area contributed by atoms with Crippen LogP contribution in [0.3, 0.4) is 0 Å². The summed E-state index contributed by atoms with van der Waals surface area (Å²) in [5.74, 6) is 0.904. The van der Waals surface area contributed by atoms with E-state index in [0.717, 1.165) is 18.8 Å². The van der Waals surface area contributed by atoms with Crippen molar-refractivity contribution in [3.05, 3.63) is 0 Å². The number of aliphatic hydroxyl groups is 1. The zero-order valence-corrected chi connectivity index (χ0v) is 10.5. The number of aliphatic hydroxyl groups excluding tert-OH is 1. The zero-order chi connectivity index (χ0) is 11.2. The molecule has 2 nitrogen and oxygen atoms in total. The summed E-state index contributed by atoms with van der Waals surface area (Å²) in [5.41, 5.74) is 0. The molecule has 2 heteroatoms. The first-order valence-corrected chi connectivity index (χ1v) is 7.26. The van der Waals surface area contributed by atoms with E-state index in [-0.39, 0.29) is 6.10 Å². The number of nitrogens with one attached hydrogen (secondary N) is 1. The molecule has 16 heavy (non-hydrogen) atoms. The number of hydrogen-bond donors (Lipinski definition) is 2. The molecule has 0 spiro atoms. The third-order valence-electron chi connectivity index (χ3n) is 4.32. The highest BCUT2D eigenvalue weighted by Crippen LogP contribution is 2.23. The van der Waals surface area contributed by atoms with Crippen LogP contribution in [0, 0.1) is 5.92 Å². The lowest BCUT2D eigenvalue weighted by atomic mass is 9.92. The van der Waals surface area contributed by atoms with Gasteiger partial charge in [0.15, 0.2) is 0 Å². The van der Waals surface area contributed by atoms with Gasteiger partial charge < -0.3 is 10.4 Å². The molecule has 2 unspecified atom stereocenters. The molecule has 0 radical (unpaired) electrons. The van der Waals surface area contributed by atoms with Crippen LogP contribution in [0.4, 0.5) is 0 Å². The Kier molecular flexibility index (Phi) is 5.11. The Morgan fingerprint density at radius 1 is 0.875 bits per heavy atom. The second-order valence-electron chi connectivity index (χ2n) is 5.78. The maximum atomic E-state index is 9.62. The Hall–Kier alpha value is -0.0800. The highest BCUT2D eigenvalue weighted by molar-refractivity contribution is 4.78. The quantitative estimate of drug-likeness (QED) is 0.724. The van der Waals surface area contributed by atoms with Crippen molar-refractivity contribution in [3.63, 3.8) is 0 Å². The van der Waals surface area contributed by atoms with Gasteiger partial charge >= 0.3 is 0 Å². The summed E-state index contributed by atoms with van der Waals surface area (Å²) in [6, 6.07) is 0.590. The minimum atomic E-state index is -0.0413. The maximum absolute atomic E-state index is 9.62. The molecule has 94 valence electrons. The second kappa shape index (κ2) is 6.61. The first kappa shape index (κ1) is 12.4. The van der Waals surface area contributed by atoms with Gasteiger partial charge in [-0.3, -0.25) is 0 Å². The van der Waals surface area contributed by atoms with Gasteiger partial charge in [-0.25, -0.2) is 0 Å². The Labute approximate surface area is 99.8 Å². The van der Waals surface area contributed by atoms with E-state index in [4.69, 9.17) is 0 Å². The predicted octanol–water partition coefficient (Wildman–Crippen LogP) is 2.85. The van der Waals surface area contributed by atoms with Crippen LogP contribution in [0.5, 0.6) is 0 Å². The first-order valence-electron chi connectivity index (χ1n) is 7.26. The van der Waals surface area contributed by atoms with Crippen LogP contribution in [0.25, 0.3) is 0 Å². The fourth-order valence-electron chi connectivity index (χ4n) is 3.25. The SMILES string of the molecule is OC1CCCC(NCC2CCCCCC2)C1. The van der Waals surface area contributed by atoms with Gasteiger partial charge in [0.1, 0.15) is 0 Å². The van der Waals surface area contributed by atoms with Crippen LogP contribution in [-0.2, 0) is 0 Å². The Bertz CT molecular complexity index is 185. The van der Waals surface area contributed by atoms with Gasteiger partial charge in [0.2, 0.25) is 0 Å². The predicted molar refractivity (Wildman–Crippen MR) is 67.5 cm³/mol. The molecule has 2 N–H and O–H groups in total. The zero-order valence-electron chi connectivity index (χ0n) is 10.5. The molecule has 0 amide bonds. The average molecular weight is 225 g/mol. The van der Waals surface area contributed by atoms with E-state index in [1.54, 1.807) is 0 Å². The van der Waals surface area contributed by atoms with E-state index in [2.05, 4.69) is 5.32 Å². The van der Waals surface area contributed by atoms with Crippen LogP contribution in [-0.4, -0.2) is 23.8 Å². The molecule has 2 fully saturated rings. The molecule has 2 saturated carbocycles. The highest BCUT2D eigenvalue weighted by Gasteiger charge is 2.21. The van der Waals surface area contributed by atoms with Crippen molar-refractivity contribution in [2.24, 2.45) is 5.92 Å². The average Bonchev–Trinajstić information content (AvgIpc) is 2.55. The Morgan fingerprint density at radius 3 is 2.31 bits per heavy atom. The molecular formula is C14H27NO. The lowest BCUT2D eigenvalue weighted by Gasteiger charge is -2.28. The number of rotatable bonds is 3. The lowest BCUT2D eigenvalue weighted by Crippen LogP contribution is -2.38. The van der Waals surface area contributed by atoms with E-state index in [1.807, 2.05) is 0 Å². The van der Waals surface area contributed by atoms with Gasteiger partial charge in [-0.1, -0.05) is 25.7 Å². The molecule has 0 aliphatic heterocycles. The fraction of sp³-hybridized carbons (Fsp3) is 1.00. The molecule has 2 rings (SSSR count). The minimum Gasteiger partial charge on any atom is -0.393 e. The fourth-order valence-corrected chi connectivity index (χ4v) is 3.25. The van der Waals surface area contributed by atoms with Crippen molar-refractivity contribution in [2.45, 2.75) is 76.4 Å². The molecule has 0 bridgehead atoms. The van der Waals surface area contributed by atoms with Crippen LogP contribution in [0.1, 0.15) is 64.2 Å². The van der Waals surface area contributed by atoms with Crippen molar-refractivity contribution in [1.82, 2.24) is 5.32 Å². The summed E-state index contributed by atoms with van der Waals surface area (Å²) >= 11 is 0. The Balaban J connectivity index is 1.65. The van der Waals surface area contributed by atoms with E-state index in [9.17, 15) is 5.11 Å². The second-order valence-corrected chi connectivity index (χ2v) is 5.78. The summed E-state index contributed by atoms with van der Waals surface area (Å²) in [4.78, 5) is 0. The van der Waals surface area contributed by atoms with E-state index < -0.39 is 0 Å². The largest absolute Gasteiger partial charge is 0.393 e. The van der Waals surface area contributed by atoms with Gasteiger partial charge in [0.25, 0.3) is 0 Å². The third kappa shape index (κ3) is 4.06. The van der Waals surface area contributed by atoms with Gasteiger partial charge in [-0.2, -0.15) is 0 Å². The summed E-state index contributed by atoms with van der Waals surface area (Å²) in [5, 5.41) is 13.3. The molecule has 0 aromatic carbocycles. The molecular weight excluding hydrogens is 198 g/mol. The van der Waals surface area contributed by atoms with Crippen molar-refractivity contribution < 1.29 is 5.11 Å². The topological polar surface area (TPSA) is 32.3 Å². The van der Waals surface area contributed by atoms with Gasteiger partial charge in [0.05, 0.1) is 6.10 Å². The highest BCUT2D eigenvalue weighted by atomic mass is 16.3. The van der Waals surface area contributed by atoms with Crippen molar-refractivity contribution in [2.75, 3.05) is 6.54 Å². The Morgan fingerprint density at radius 2 is 1.62 bits per heavy atom. The van der Waals surface area contributed by atoms with Crippen LogP contribution in [0.15, 0.2) is 0 Å². The van der Waals surface area contributed by atoms with Crippen molar-refractivity contribution in [3.8, 4) is 0 Å². The molecule has 2 atom stereocenters. The minimum absolute atomic E-state index is 0.0413. The molecule has 2 aliphatic carbocycles. The molecule has 0 heterocycles. The standard InChI is InChI=1S/C14H27NO/c16-14-9-5-8-13(10-14)15-11-12-6-3-1-2-4-7-12/h12-16H,1-11H2. The first-order chi connectivity index (χ1) is 7.84.